The van der Waals surface area contributed by atoms with Gasteiger partial charge >= 0.3 is 5.97 Å². The van der Waals surface area contributed by atoms with Crippen molar-refractivity contribution >= 4 is 39.1 Å². The predicted molar refractivity (Wildman–Crippen MR) is 74.4 cm³/mol. The summed E-state index contributed by atoms with van der Waals surface area (Å²) in [6, 6.07) is 4.77. The Labute approximate surface area is 121 Å². The van der Waals surface area contributed by atoms with E-state index in [1.807, 2.05) is 0 Å². The van der Waals surface area contributed by atoms with Gasteiger partial charge in [-0.1, -0.05) is 6.07 Å². The lowest BCUT2D eigenvalue weighted by Gasteiger charge is -2.03. The van der Waals surface area contributed by atoms with Crippen LogP contribution in [0.5, 0.6) is 0 Å². The lowest BCUT2D eigenvalue weighted by Crippen LogP contribution is -2.22. The summed E-state index contributed by atoms with van der Waals surface area (Å²) in [5.41, 5.74) is 1.32. The second-order valence-corrected chi connectivity index (χ2v) is 5.97. The zero-order chi connectivity index (χ0) is 13.8. The van der Waals surface area contributed by atoms with Crippen molar-refractivity contribution in [2.75, 3.05) is 0 Å². The minimum absolute atomic E-state index is 0.0168. The summed E-state index contributed by atoms with van der Waals surface area (Å²) in [7, 11) is 0. The van der Waals surface area contributed by atoms with Crippen molar-refractivity contribution in [3.63, 3.8) is 0 Å². The van der Waals surface area contributed by atoms with E-state index in [0.29, 0.717) is 12.1 Å². The molecule has 19 heavy (non-hydrogen) atoms. The first-order valence-electron chi connectivity index (χ1n) is 5.26. The van der Waals surface area contributed by atoms with Crippen LogP contribution >= 0.6 is 27.3 Å². The Morgan fingerprint density at radius 3 is 2.74 bits per heavy atom. The second-order valence-electron chi connectivity index (χ2n) is 3.68. The molecule has 1 amide bonds. The molecular weight excluding hydrogens is 332 g/mol. The van der Waals surface area contributed by atoms with E-state index >= 15 is 0 Å². The van der Waals surface area contributed by atoms with Crippen LogP contribution in [-0.4, -0.2) is 22.0 Å². The van der Waals surface area contributed by atoms with Gasteiger partial charge in [0, 0.05) is 18.1 Å². The average Bonchev–Trinajstić information content (AvgIpc) is 2.83. The van der Waals surface area contributed by atoms with Crippen LogP contribution in [0.1, 0.15) is 26.4 Å². The normalized spacial score (nSPS) is 10.2. The molecule has 0 unspecified atom stereocenters. The molecule has 2 aromatic heterocycles. The van der Waals surface area contributed by atoms with Gasteiger partial charge in [0.2, 0.25) is 0 Å². The fraction of sp³-hybridized carbons (Fsp3) is 0.0833. The van der Waals surface area contributed by atoms with E-state index in [-0.39, 0.29) is 11.6 Å². The number of thiophene rings is 1. The number of aromatic nitrogens is 1. The van der Waals surface area contributed by atoms with Crippen LogP contribution in [0.2, 0.25) is 0 Å². The molecule has 2 heterocycles. The van der Waals surface area contributed by atoms with Crippen LogP contribution < -0.4 is 5.32 Å². The van der Waals surface area contributed by atoms with E-state index < -0.39 is 5.97 Å². The maximum absolute atomic E-state index is 11.8. The molecule has 7 heteroatoms. The van der Waals surface area contributed by atoms with Crippen molar-refractivity contribution < 1.29 is 14.7 Å². The number of amides is 1. The fourth-order valence-electron chi connectivity index (χ4n) is 1.37. The van der Waals surface area contributed by atoms with E-state index in [9.17, 15) is 9.59 Å². The van der Waals surface area contributed by atoms with E-state index in [1.165, 1.54) is 23.6 Å². The third-order valence-electron chi connectivity index (χ3n) is 2.33. The number of hydrogen-bond acceptors (Lipinski definition) is 4. The van der Waals surface area contributed by atoms with E-state index in [2.05, 4.69) is 26.2 Å². The average molecular weight is 341 g/mol. The third kappa shape index (κ3) is 3.62. The highest BCUT2D eigenvalue weighted by Crippen LogP contribution is 2.20. The van der Waals surface area contributed by atoms with Crippen LogP contribution in [0.3, 0.4) is 0 Å². The lowest BCUT2D eigenvalue weighted by atomic mass is 10.2. The highest BCUT2D eigenvalue weighted by molar-refractivity contribution is 9.11. The Kier molecular flexibility index (Phi) is 4.28. The molecule has 0 aromatic carbocycles. The molecule has 0 aliphatic carbocycles. The molecule has 2 aromatic rings. The van der Waals surface area contributed by atoms with Gasteiger partial charge in [-0.25, -0.2) is 9.78 Å². The highest BCUT2D eigenvalue weighted by atomic mass is 79.9. The van der Waals surface area contributed by atoms with Crippen LogP contribution in [-0.2, 0) is 6.54 Å². The number of carbonyl (C=O) groups excluding carboxylic acids is 1. The molecule has 0 atom stereocenters. The minimum atomic E-state index is -1.07. The molecule has 0 saturated heterocycles. The second kappa shape index (κ2) is 5.94. The lowest BCUT2D eigenvalue weighted by molar-refractivity contribution is 0.0690. The molecule has 5 nitrogen and oxygen atoms in total. The molecule has 0 spiro atoms. The molecule has 2 N–H and O–H groups in total. The Bertz CT molecular complexity index is 610. The van der Waals surface area contributed by atoms with Crippen molar-refractivity contribution in [2.45, 2.75) is 6.54 Å². The van der Waals surface area contributed by atoms with Crippen molar-refractivity contribution in [1.29, 1.82) is 0 Å². The van der Waals surface area contributed by atoms with Crippen LogP contribution in [0.25, 0.3) is 0 Å². The quantitative estimate of drug-likeness (QED) is 0.896. The molecule has 0 saturated carbocycles. The van der Waals surface area contributed by atoms with Gasteiger partial charge in [-0.05, 0) is 33.6 Å². The number of hydrogen-bond donors (Lipinski definition) is 2. The minimum Gasteiger partial charge on any atom is -0.477 e. The first-order chi connectivity index (χ1) is 9.06. The van der Waals surface area contributed by atoms with Gasteiger partial charge in [0.05, 0.1) is 9.35 Å². The van der Waals surface area contributed by atoms with Crippen LogP contribution in [0.4, 0.5) is 0 Å². The van der Waals surface area contributed by atoms with Gasteiger partial charge in [0.1, 0.15) is 5.69 Å². The van der Waals surface area contributed by atoms with Gasteiger partial charge in [-0.15, -0.1) is 11.3 Å². The number of aromatic carboxylic acids is 1. The number of carboxylic acids is 1. The summed E-state index contributed by atoms with van der Waals surface area (Å²) >= 11 is 4.73. The molecule has 0 fully saturated rings. The summed E-state index contributed by atoms with van der Waals surface area (Å²) < 4.78 is 0.894. The number of halogens is 1. The summed E-state index contributed by atoms with van der Waals surface area (Å²) in [6.07, 6.45) is 1.44. The van der Waals surface area contributed by atoms with Gasteiger partial charge in [0.15, 0.2) is 0 Å². The maximum atomic E-state index is 11.8. The predicted octanol–water partition coefficient (Wildman–Crippen LogP) is 2.53. The Morgan fingerprint density at radius 1 is 1.42 bits per heavy atom. The van der Waals surface area contributed by atoms with Gasteiger partial charge in [-0.2, -0.15) is 0 Å². The largest absolute Gasteiger partial charge is 0.477 e. The Morgan fingerprint density at radius 2 is 2.21 bits per heavy atom. The smallest absolute Gasteiger partial charge is 0.354 e. The van der Waals surface area contributed by atoms with Crippen molar-refractivity contribution in [1.82, 2.24) is 10.3 Å². The zero-order valence-electron chi connectivity index (χ0n) is 9.59. The highest BCUT2D eigenvalue weighted by Gasteiger charge is 2.08. The summed E-state index contributed by atoms with van der Waals surface area (Å²) in [5.74, 6) is -1.25. The number of nitrogens with one attached hydrogen (secondary N) is 1. The monoisotopic (exact) mass is 340 g/mol. The van der Waals surface area contributed by atoms with E-state index in [4.69, 9.17) is 5.11 Å². The van der Waals surface area contributed by atoms with Gasteiger partial charge < -0.3 is 10.4 Å². The maximum Gasteiger partial charge on any atom is 0.354 e. The van der Waals surface area contributed by atoms with Crippen LogP contribution in [0, 0.1) is 0 Å². The Balaban J connectivity index is 1.95. The topological polar surface area (TPSA) is 79.3 Å². The fourth-order valence-corrected chi connectivity index (χ4v) is 2.51. The first kappa shape index (κ1) is 13.7. The van der Waals surface area contributed by atoms with Gasteiger partial charge in [0.25, 0.3) is 5.91 Å². The van der Waals surface area contributed by atoms with Crippen LogP contribution in [0.15, 0.2) is 33.6 Å². The number of pyridine rings is 1. The molecule has 98 valence electrons. The molecule has 0 radical (unpaired) electrons. The van der Waals surface area contributed by atoms with Gasteiger partial charge in [-0.3, -0.25) is 4.79 Å². The summed E-state index contributed by atoms with van der Waals surface area (Å²) in [6.45, 7) is 0.305. The SMILES string of the molecule is O=C(NCc1ccc(C(=O)O)nc1)c1csc(Br)c1. The standard InChI is InChI=1S/C12H9BrN2O3S/c13-10-3-8(6-19-10)11(16)15-5-7-1-2-9(12(17)18)14-4-7/h1-4,6H,5H2,(H,15,16)(H,17,18). The molecule has 0 bridgehead atoms. The molecule has 0 aliphatic rings. The number of carboxylic acid groups (broad SMARTS) is 1. The zero-order valence-corrected chi connectivity index (χ0v) is 12.0. The van der Waals surface area contributed by atoms with E-state index in [1.54, 1.807) is 17.5 Å². The molecule has 2 rings (SSSR count). The number of nitrogens with zero attached hydrogens (tertiary/aromatic N) is 1. The summed E-state index contributed by atoms with van der Waals surface area (Å²) in [5, 5.41) is 13.2. The van der Waals surface area contributed by atoms with Crippen molar-refractivity contribution in [3.05, 3.63) is 50.4 Å². The van der Waals surface area contributed by atoms with Crippen molar-refractivity contribution in [2.24, 2.45) is 0 Å². The third-order valence-corrected chi connectivity index (χ3v) is 3.83. The van der Waals surface area contributed by atoms with E-state index in [0.717, 1.165) is 9.35 Å². The first-order valence-corrected chi connectivity index (χ1v) is 6.94. The van der Waals surface area contributed by atoms with Crippen molar-refractivity contribution in [3.8, 4) is 0 Å². The Hall–Kier alpha value is -1.73. The number of carbonyl (C=O) groups is 2. The molecular formula is C12H9BrN2O3S. The number of rotatable bonds is 4. The summed E-state index contributed by atoms with van der Waals surface area (Å²) in [4.78, 5) is 26.2. The molecule has 0 aliphatic heterocycles.